The van der Waals surface area contributed by atoms with E-state index in [1.54, 1.807) is 11.3 Å². The molecule has 0 saturated carbocycles. The Hall–Kier alpha value is -1.00. The van der Waals surface area contributed by atoms with E-state index in [1.165, 1.54) is 11.4 Å². The van der Waals surface area contributed by atoms with E-state index in [4.69, 9.17) is 0 Å². The highest BCUT2D eigenvalue weighted by Crippen LogP contribution is 2.29. The lowest BCUT2D eigenvalue weighted by atomic mass is 10.1. The summed E-state index contributed by atoms with van der Waals surface area (Å²) in [5.74, 6) is 0.606. The van der Waals surface area contributed by atoms with Gasteiger partial charge in [-0.25, -0.2) is 9.97 Å². The fourth-order valence-electron chi connectivity index (χ4n) is 1.83. The standard InChI is InChI=1S/C10H11N3S/c1-2-8-10(12-4-1)14-9(13-8)7-3-5-11-6-7/h1-2,4,7,11H,3,5-6H2. The van der Waals surface area contributed by atoms with Crippen LogP contribution in [-0.2, 0) is 0 Å². The number of pyridine rings is 1. The predicted molar refractivity (Wildman–Crippen MR) is 57.6 cm³/mol. The fourth-order valence-corrected chi connectivity index (χ4v) is 2.87. The zero-order valence-corrected chi connectivity index (χ0v) is 8.55. The minimum atomic E-state index is 0.606. The van der Waals surface area contributed by atoms with Crippen molar-refractivity contribution < 1.29 is 0 Å². The van der Waals surface area contributed by atoms with Crippen molar-refractivity contribution in [3.8, 4) is 0 Å². The van der Waals surface area contributed by atoms with E-state index >= 15 is 0 Å². The zero-order chi connectivity index (χ0) is 9.38. The Kier molecular flexibility index (Phi) is 1.96. The first-order chi connectivity index (χ1) is 6.93. The molecule has 1 N–H and O–H groups in total. The minimum absolute atomic E-state index is 0.606. The summed E-state index contributed by atoms with van der Waals surface area (Å²) < 4.78 is 0. The Labute approximate surface area is 86.2 Å². The largest absolute Gasteiger partial charge is 0.316 e. The maximum absolute atomic E-state index is 4.61. The molecule has 2 aromatic heterocycles. The predicted octanol–water partition coefficient (Wildman–Crippen LogP) is 1.77. The van der Waals surface area contributed by atoms with Crippen LogP contribution in [0.15, 0.2) is 18.3 Å². The Morgan fingerprint density at radius 3 is 3.29 bits per heavy atom. The van der Waals surface area contributed by atoms with Crippen molar-refractivity contribution in [2.24, 2.45) is 0 Å². The molecule has 14 heavy (non-hydrogen) atoms. The van der Waals surface area contributed by atoms with Crippen molar-refractivity contribution in [2.75, 3.05) is 13.1 Å². The van der Waals surface area contributed by atoms with Crippen LogP contribution >= 0.6 is 11.3 Å². The molecule has 0 radical (unpaired) electrons. The Morgan fingerprint density at radius 1 is 1.50 bits per heavy atom. The SMILES string of the molecule is c1cnc2sc(C3CCNC3)nc2c1. The summed E-state index contributed by atoms with van der Waals surface area (Å²) in [6, 6.07) is 3.98. The molecule has 1 unspecified atom stereocenters. The van der Waals surface area contributed by atoms with Crippen molar-refractivity contribution >= 4 is 21.7 Å². The lowest BCUT2D eigenvalue weighted by Crippen LogP contribution is -2.07. The highest BCUT2D eigenvalue weighted by Gasteiger charge is 2.20. The van der Waals surface area contributed by atoms with Crippen LogP contribution in [0.3, 0.4) is 0 Å². The molecule has 1 saturated heterocycles. The van der Waals surface area contributed by atoms with Gasteiger partial charge in [-0.1, -0.05) is 11.3 Å². The van der Waals surface area contributed by atoms with E-state index in [0.717, 1.165) is 23.4 Å². The van der Waals surface area contributed by atoms with Crippen LogP contribution in [0.5, 0.6) is 0 Å². The Balaban J connectivity index is 2.05. The van der Waals surface area contributed by atoms with E-state index < -0.39 is 0 Å². The summed E-state index contributed by atoms with van der Waals surface area (Å²) in [4.78, 5) is 9.98. The van der Waals surface area contributed by atoms with Gasteiger partial charge in [0.25, 0.3) is 0 Å². The highest BCUT2D eigenvalue weighted by atomic mass is 32.1. The zero-order valence-electron chi connectivity index (χ0n) is 7.73. The molecular weight excluding hydrogens is 194 g/mol. The molecule has 1 atom stereocenters. The van der Waals surface area contributed by atoms with Gasteiger partial charge in [0.15, 0.2) is 0 Å². The smallest absolute Gasteiger partial charge is 0.143 e. The van der Waals surface area contributed by atoms with Gasteiger partial charge in [0.05, 0.1) is 5.01 Å². The number of hydrogen-bond acceptors (Lipinski definition) is 4. The topological polar surface area (TPSA) is 37.8 Å². The maximum atomic E-state index is 4.61. The van der Waals surface area contributed by atoms with Gasteiger partial charge in [0.1, 0.15) is 10.3 Å². The second kappa shape index (κ2) is 3.29. The third kappa shape index (κ3) is 1.31. The molecule has 0 aromatic carbocycles. The second-order valence-electron chi connectivity index (χ2n) is 3.57. The lowest BCUT2D eigenvalue weighted by molar-refractivity contribution is 0.758. The van der Waals surface area contributed by atoms with Crippen molar-refractivity contribution in [3.05, 3.63) is 23.3 Å². The normalized spacial score (nSPS) is 21.9. The fraction of sp³-hybridized carbons (Fsp3) is 0.400. The van der Waals surface area contributed by atoms with Gasteiger partial charge in [0, 0.05) is 18.7 Å². The van der Waals surface area contributed by atoms with Gasteiger partial charge in [-0.15, -0.1) is 0 Å². The number of fused-ring (bicyclic) bond motifs is 1. The molecule has 1 aliphatic heterocycles. The number of rotatable bonds is 1. The number of hydrogen-bond donors (Lipinski definition) is 1. The van der Waals surface area contributed by atoms with Crippen LogP contribution in [0.25, 0.3) is 10.3 Å². The van der Waals surface area contributed by atoms with Gasteiger partial charge in [-0.2, -0.15) is 0 Å². The summed E-state index contributed by atoms with van der Waals surface area (Å²) in [5.41, 5.74) is 1.04. The van der Waals surface area contributed by atoms with E-state index in [9.17, 15) is 0 Å². The van der Waals surface area contributed by atoms with Crippen LogP contribution < -0.4 is 5.32 Å². The molecule has 3 nitrogen and oxygen atoms in total. The monoisotopic (exact) mass is 205 g/mol. The molecule has 0 bridgehead atoms. The molecule has 0 spiro atoms. The van der Waals surface area contributed by atoms with Crippen LogP contribution in [0.1, 0.15) is 17.3 Å². The number of thiazole rings is 1. The van der Waals surface area contributed by atoms with E-state index in [2.05, 4.69) is 15.3 Å². The summed E-state index contributed by atoms with van der Waals surface area (Å²) in [6.45, 7) is 2.19. The number of nitrogens with zero attached hydrogens (tertiary/aromatic N) is 2. The number of nitrogens with one attached hydrogen (secondary N) is 1. The van der Waals surface area contributed by atoms with Crippen LogP contribution in [-0.4, -0.2) is 23.1 Å². The van der Waals surface area contributed by atoms with Crippen molar-refractivity contribution in [1.82, 2.24) is 15.3 Å². The molecule has 3 rings (SSSR count). The van der Waals surface area contributed by atoms with Crippen molar-refractivity contribution in [1.29, 1.82) is 0 Å². The van der Waals surface area contributed by atoms with Gasteiger partial charge >= 0.3 is 0 Å². The third-order valence-electron chi connectivity index (χ3n) is 2.59. The van der Waals surface area contributed by atoms with Crippen LogP contribution in [0.2, 0.25) is 0 Å². The molecule has 3 heterocycles. The van der Waals surface area contributed by atoms with E-state index in [1.807, 2.05) is 18.3 Å². The molecule has 0 aliphatic carbocycles. The first-order valence-electron chi connectivity index (χ1n) is 4.85. The molecule has 1 fully saturated rings. The molecule has 4 heteroatoms. The highest BCUT2D eigenvalue weighted by molar-refractivity contribution is 7.18. The minimum Gasteiger partial charge on any atom is -0.316 e. The van der Waals surface area contributed by atoms with E-state index in [-0.39, 0.29) is 0 Å². The van der Waals surface area contributed by atoms with Crippen molar-refractivity contribution in [2.45, 2.75) is 12.3 Å². The molecule has 1 aliphatic rings. The Morgan fingerprint density at radius 2 is 2.50 bits per heavy atom. The van der Waals surface area contributed by atoms with Gasteiger partial charge in [-0.05, 0) is 25.1 Å². The quantitative estimate of drug-likeness (QED) is 0.771. The van der Waals surface area contributed by atoms with Gasteiger partial charge in [-0.3, -0.25) is 0 Å². The average molecular weight is 205 g/mol. The van der Waals surface area contributed by atoms with Crippen LogP contribution in [0.4, 0.5) is 0 Å². The molecule has 72 valence electrons. The maximum Gasteiger partial charge on any atom is 0.143 e. The lowest BCUT2D eigenvalue weighted by Gasteiger charge is -2.00. The van der Waals surface area contributed by atoms with Crippen molar-refractivity contribution in [3.63, 3.8) is 0 Å². The van der Waals surface area contributed by atoms with Gasteiger partial charge < -0.3 is 5.32 Å². The van der Waals surface area contributed by atoms with Crippen LogP contribution in [0, 0.1) is 0 Å². The van der Waals surface area contributed by atoms with E-state index in [0.29, 0.717) is 5.92 Å². The average Bonchev–Trinajstić information content (AvgIpc) is 2.86. The second-order valence-corrected chi connectivity index (χ2v) is 4.58. The molecule has 2 aromatic rings. The van der Waals surface area contributed by atoms with Gasteiger partial charge in [0.2, 0.25) is 0 Å². The summed E-state index contributed by atoms with van der Waals surface area (Å²) in [5, 5.41) is 4.60. The molecular formula is C10H11N3S. The molecule has 0 amide bonds. The first-order valence-corrected chi connectivity index (χ1v) is 5.67. The summed E-state index contributed by atoms with van der Waals surface area (Å²) in [6.07, 6.45) is 3.04. The summed E-state index contributed by atoms with van der Waals surface area (Å²) >= 11 is 1.73. The first kappa shape index (κ1) is 8.32. The Bertz CT molecular complexity index is 412. The summed E-state index contributed by atoms with van der Waals surface area (Å²) in [7, 11) is 0. The third-order valence-corrected chi connectivity index (χ3v) is 3.73. The number of aromatic nitrogens is 2.